The summed E-state index contributed by atoms with van der Waals surface area (Å²) < 4.78 is 45.6. The van der Waals surface area contributed by atoms with Gasteiger partial charge in [0.1, 0.15) is 6.04 Å². The zero-order valence-corrected chi connectivity index (χ0v) is 17.6. The van der Waals surface area contributed by atoms with Gasteiger partial charge in [-0.15, -0.1) is 0 Å². The number of aromatic nitrogens is 1. The zero-order valence-electron chi connectivity index (χ0n) is 17.6. The molecule has 33 heavy (non-hydrogen) atoms. The lowest BCUT2D eigenvalue weighted by Gasteiger charge is -2.32. The van der Waals surface area contributed by atoms with E-state index in [9.17, 15) is 22.8 Å². The van der Waals surface area contributed by atoms with Crippen molar-refractivity contribution in [1.82, 2.24) is 10.3 Å². The number of halogens is 3. The fourth-order valence-corrected chi connectivity index (χ4v) is 4.04. The molecule has 2 amide bonds. The molecule has 0 saturated heterocycles. The van der Waals surface area contributed by atoms with E-state index in [0.29, 0.717) is 5.56 Å². The van der Waals surface area contributed by atoms with Gasteiger partial charge in [0.05, 0.1) is 11.8 Å². The molecule has 0 bridgehead atoms. The number of furan rings is 1. The quantitative estimate of drug-likeness (QED) is 0.556. The third-order valence-corrected chi connectivity index (χ3v) is 5.61. The van der Waals surface area contributed by atoms with Crippen molar-refractivity contribution in [3.05, 3.63) is 84.1 Å². The fourth-order valence-electron chi connectivity index (χ4n) is 4.04. The molecule has 1 saturated carbocycles. The first-order valence-corrected chi connectivity index (χ1v) is 10.6. The second-order valence-electron chi connectivity index (χ2n) is 7.88. The van der Waals surface area contributed by atoms with Gasteiger partial charge in [-0.3, -0.25) is 19.5 Å². The summed E-state index contributed by atoms with van der Waals surface area (Å²) in [6.07, 6.45) is 3.17. The molecule has 2 aromatic heterocycles. The van der Waals surface area contributed by atoms with Crippen molar-refractivity contribution in [2.45, 2.75) is 43.9 Å². The van der Waals surface area contributed by atoms with Gasteiger partial charge in [-0.25, -0.2) is 0 Å². The molecule has 1 aliphatic rings. The Labute approximate surface area is 188 Å². The van der Waals surface area contributed by atoms with Crippen molar-refractivity contribution in [3.63, 3.8) is 0 Å². The first-order valence-electron chi connectivity index (χ1n) is 10.6. The van der Waals surface area contributed by atoms with Crippen molar-refractivity contribution in [3.8, 4) is 0 Å². The summed E-state index contributed by atoms with van der Waals surface area (Å²) in [5.74, 6) is -1.34. The first kappa shape index (κ1) is 22.6. The molecule has 0 radical (unpaired) electrons. The Bertz CT molecular complexity index is 1090. The van der Waals surface area contributed by atoms with Crippen LogP contribution in [0.3, 0.4) is 0 Å². The van der Waals surface area contributed by atoms with Crippen LogP contribution < -0.4 is 10.2 Å². The molecule has 6 nitrogen and oxygen atoms in total. The van der Waals surface area contributed by atoms with Crippen LogP contribution in [0.25, 0.3) is 0 Å². The van der Waals surface area contributed by atoms with E-state index in [-0.39, 0.29) is 17.5 Å². The number of carbonyl (C=O) groups is 2. The molecule has 172 valence electrons. The number of amides is 2. The maximum atomic E-state index is 13.5. The molecule has 1 aromatic carbocycles. The number of hydrogen-bond donors (Lipinski definition) is 1. The van der Waals surface area contributed by atoms with Gasteiger partial charge >= 0.3 is 6.18 Å². The Balaban J connectivity index is 1.83. The molecule has 0 spiro atoms. The van der Waals surface area contributed by atoms with Crippen LogP contribution in [0.2, 0.25) is 0 Å². The van der Waals surface area contributed by atoms with Crippen LogP contribution in [0.1, 0.15) is 53.4 Å². The number of alkyl halides is 3. The van der Waals surface area contributed by atoms with E-state index in [1.165, 1.54) is 42.9 Å². The maximum absolute atomic E-state index is 13.5. The van der Waals surface area contributed by atoms with Gasteiger partial charge < -0.3 is 9.73 Å². The van der Waals surface area contributed by atoms with Gasteiger partial charge in [-0.05, 0) is 49.2 Å². The second-order valence-corrected chi connectivity index (χ2v) is 7.88. The Hall–Kier alpha value is -3.62. The summed E-state index contributed by atoms with van der Waals surface area (Å²) in [4.78, 5) is 32.0. The molecule has 4 rings (SSSR count). The zero-order chi connectivity index (χ0) is 23.4. The average molecular weight is 457 g/mol. The summed E-state index contributed by atoms with van der Waals surface area (Å²) in [5.41, 5.74) is -0.648. The molecule has 1 N–H and O–H groups in total. The topological polar surface area (TPSA) is 75.4 Å². The number of benzene rings is 1. The first-order chi connectivity index (χ1) is 15.8. The van der Waals surface area contributed by atoms with Crippen molar-refractivity contribution in [2.75, 3.05) is 4.90 Å². The highest BCUT2D eigenvalue weighted by Gasteiger charge is 2.37. The van der Waals surface area contributed by atoms with Crippen LogP contribution in [0.15, 0.2) is 71.6 Å². The van der Waals surface area contributed by atoms with Crippen LogP contribution in [0.5, 0.6) is 0 Å². The van der Waals surface area contributed by atoms with Crippen LogP contribution in [0.4, 0.5) is 18.9 Å². The van der Waals surface area contributed by atoms with Crippen molar-refractivity contribution >= 4 is 17.5 Å². The second kappa shape index (κ2) is 9.48. The summed E-state index contributed by atoms with van der Waals surface area (Å²) in [7, 11) is 0. The Morgan fingerprint density at radius 2 is 1.88 bits per heavy atom. The normalized spacial score (nSPS) is 15.2. The van der Waals surface area contributed by atoms with Crippen molar-refractivity contribution in [1.29, 1.82) is 0 Å². The van der Waals surface area contributed by atoms with Crippen LogP contribution >= 0.6 is 0 Å². The molecule has 9 heteroatoms. The van der Waals surface area contributed by atoms with Crippen LogP contribution in [-0.2, 0) is 11.0 Å². The largest absolute Gasteiger partial charge is 0.459 e. The van der Waals surface area contributed by atoms with Gasteiger partial charge in [-0.2, -0.15) is 13.2 Å². The van der Waals surface area contributed by atoms with Crippen molar-refractivity contribution in [2.24, 2.45) is 0 Å². The molecule has 3 aromatic rings. The van der Waals surface area contributed by atoms with Crippen LogP contribution in [0, 0.1) is 0 Å². The third-order valence-electron chi connectivity index (χ3n) is 5.61. The highest BCUT2D eigenvalue weighted by atomic mass is 19.4. The van der Waals surface area contributed by atoms with Crippen molar-refractivity contribution < 1.29 is 27.2 Å². The highest BCUT2D eigenvalue weighted by Crippen LogP contribution is 2.35. The Morgan fingerprint density at radius 1 is 1.09 bits per heavy atom. The number of nitrogens with zero attached hydrogens (tertiary/aromatic N) is 2. The lowest BCUT2D eigenvalue weighted by atomic mass is 10.0. The summed E-state index contributed by atoms with van der Waals surface area (Å²) >= 11 is 0. The van der Waals surface area contributed by atoms with E-state index < -0.39 is 29.6 Å². The van der Waals surface area contributed by atoms with E-state index in [4.69, 9.17) is 4.42 Å². The third kappa shape index (κ3) is 5.08. The minimum Gasteiger partial charge on any atom is -0.459 e. The van der Waals surface area contributed by atoms with Gasteiger partial charge in [0.25, 0.3) is 5.91 Å². The SMILES string of the molecule is O=C(NC1CCCC1)[C@@H](c1cccnc1)N(C(=O)c1ccco1)c1cccc(C(F)(F)F)c1. The summed E-state index contributed by atoms with van der Waals surface area (Å²) in [5, 5.41) is 2.96. The minimum atomic E-state index is -4.62. The molecule has 0 aliphatic heterocycles. The van der Waals surface area contributed by atoms with Crippen LogP contribution in [-0.4, -0.2) is 22.8 Å². The Morgan fingerprint density at radius 3 is 2.52 bits per heavy atom. The molecular formula is C24H22F3N3O3. The number of anilines is 1. The molecule has 1 fully saturated rings. The standard InChI is InChI=1S/C24H22F3N3O3/c25-24(26,27)17-7-3-10-19(14-17)30(23(32)20-11-5-13-33-20)21(16-6-4-12-28-15-16)22(31)29-18-8-1-2-9-18/h3-7,10-15,18,21H,1-2,8-9H2,(H,29,31)/t21-/m1/s1. The molecule has 0 unspecified atom stereocenters. The lowest BCUT2D eigenvalue weighted by Crippen LogP contribution is -2.46. The van der Waals surface area contributed by atoms with E-state index >= 15 is 0 Å². The number of rotatable bonds is 6. The monoisotopic (exact) mass is 457 g/mol. The predicted molar refractivity (Wildman–Crippen MR) is 114 cm³/mol. The smallest absolute Gasteiger partial charge is 0.416 e. The number of nitrogens with one attached hydrogen (secondary N) is 1. The van der Waals surface area contributed by atoms with E-state index in [0.717, 1.165) is 42.7 Å². The molecule has 1 atom stereocenters. The van der Waals surface area contributed by atoms with Gasteiger partial charge in [0.15, 0.2) is 5.76 Å². The number of hydrogen-bond acceptors (Lipinski definition) is 4. The predicted octanol–water partition coefficient (Wildman–Crippen LogP) is 5.14. The minimum absolute atomic E-state index is 0.0567. The summed E-state index contributed by atoms with van der Waals surface area (Å²) in [6, 6.07) is 9.14. The van der Waals surface area contributed by atoms with E-state index in [1.54, 1.807) is 12.1 Å². The van der Waals surface area contributed by atoms with Gasteiger partial charge in [0.2, 0.25) is 5.91 Å². The van der Waals surface area contributed by atoms with Gasteiger partial charge in [0, 0.05) is 29.7 Å². The van der Waals surface area contributed by atoms with E-state index in [1.807, 2.05) is 0 Å². The number of pyridine rings is 1. The fraction of sp³-hybridized carbons (Fsp3) is 0.292. The lowest BCUT2D eigenvalue weighted by molar-refractivity contribution is -0.137. The Kier molecular flexibility index (Phi) is 6.48. The maximum Gasteiger partial charge on any atom is 0.416 e. The molecular weight excluding hydrogens is 435 g/mol. The van der Waals surface area contributed by atoms with E-state index in [2.05, 4.69) is 10.3 Å². The molecule has 1 aliphatic carbocycles. The molecule has 2 heterocycles. The average Bonchev–Trinajstić information content (AvgIpc) is 3.51. The summed E-state index contributed by atoms with van der Waals surface area (Å²) in [6.45, 7) is 0. The van der Waals surface area contributed by atoms with Gasteiger partial charge in [-0.1, -0.05) is 25.0 Å². The highest BCUT2D eigenvalue weighted by molar-refractivity contribution is 6.08. The number of carbonyl (C=O) groups excluding carboxylic acids is 2.